The van der Waals surface area contributed by atoms with Gasteiger partial charge in [-0.3, -0.25) is 23.7 Å². The highest BCUT2D eigenvalue weighted by molar-refractivity contribution is 7.99. The molecule has 3 N–H and O–H groups in total. The van der Waals surface area contributed by atoms with Crippen LogP contribution < -0.4 is 21.9 Å². The Kier molecular flexibility index (Phi) is 8.98. The van der Waals surface area contributed by atoms with Crippen molar-refractivity contribution in [2.45, 2.75) is 31.5 Å². The molecule has 0 saturated heterocycles. The van der Waals surface area contributed by atoms with E-state index in [1.54, 1.807) is 0 Å². The van der Waals surface area contributed by atoms with Gasteiger partial charge >= 0.3 is 5.69 Å². The van der Waals surface area contributed by atoms with E-state index in [2.05, 4.69) is 15.2 Å². The molecule has 3 aromatic carbocycles. The summed E-state index contributed by atoms with van der Waals surface area (Å²) in [4.78, 5) is 43.3. The van der Waals surface area contributed by atoms with Crippen LogP contribution in [0.1, 0.15) is 25.3 Å². The summed E-state index contributed by atoms with van der Waals surface area (Å²) in [5.74, 6) is 0.230. The molecule has 0 spiro atoms. The third-order valence-corrected chi connectivity index (χ3v) is 7.62. The molecule has 0 radical (unpaired) electrons. The predicted molar refractivity (Wildman–Crippen MR) is 166 cm³/mol. The number of aromatic amines is 1. The SMILES string of the molecule is CCCCN(C(=O)CSc1nnc(-c2ccccc2)n1-c1ccccc1)c1c(N)n(Cc2ccccc2)c(=O)[nH]c1=O. The average molecular weight is 582 g/mol. The van der Waals surface area contributed by atoms with Crippen LogP contribution >= 0.6 is 11.8 Å². The zero-order valence-corrected chi connectivity index (χ0v) is 24.0. The molecule has 0 aliphatic carbocycles. The molecule has 42 heavy (non-hydrogen) atoms. The van der Waals surface area contributed by atoms with E-state index in [-0.39, 0.29) is 36.3 Å². The maximum absolute atomic E-state index is 13.8. The largest absolute Gasteiger partial charge is 0.383 e. The highest BCUT2D eigenvalue weighted by atomic mass is 32.2. The third kappa shape index (κ3) is 6.21. The lowest BCUT2D eigenvalue weighted by Crippen LogP contribution is -2.42. The molecule has 0 aliphatic heterocycles. The maximum Gasteiger partial charge on any atom is 0.330 e. The van der Waals surface area contributed by atoms with E-state index in [0.717, 1.165) is 23.2 Å². The van der Waals surface area contributed by atoms with Gasteiger partial charge < -0.3 is 10.6 Å². The first-order chi connectivity index (χ1) is 20.5. The number of carbonyl (C=O) groups excluding carboxylic acids is 1. The number of amides is 1. The summed E-state index contributed by atoms with van der Waals surface area (Å²) in [6.45, 7) is 2.42. The third-order valence-electron chi connectivity index (χ3n) is 6.71. The topological polar surface area (TPSA) is 132 Å². The number of rotatable bonds is 11. The van der Waals surface area contributed by atoms with Gasteiger partial charge in [-0.1, -0.05) is 104 Å². The van der Waals surface area contributed by atoms with Crippen molar-refractivity contribution in [2.24, 2.45) is 0 Å². The van der Waals surface area contributed by atoms with E-state index in [4.69, 9.17) is 5.73 Å². The molecular formula is C31H31N7O3S. The molecule has 1 amide bonds. The first-order valence-electron chi connectivity index (χ1n) is 13.6. The van der Waals surface area contributed by atoms with Crippen molar-refractivity contribution in [3.05, 3.63) is 117 Å². The fourth-order valence-corrected chi connectivity index (χ4v) is 5.42. The van der Waals surface area contributed by atoms with Crippen LogP contribution in [0.15, 0.2) is 106 Å². The Hall–Kier alpha value is -4.90. The fraction of sp³-hybridized carbons (Fsp3) is 0.194. The predicted octanol–water partition coefficient (Wildman–Crippen LogP) is 4.34. The average Bonchev–Trinajstić information content (AvgIpc) is 3.45. The van der Waals surface area contributed by atoms with Crippen molar-refractivity contribution < 1.29 is 4.79 Å². The Morgan fingerprint density at radius 2 is 1.57 bits per heavy atom. The van der Waals surface area contributed by atoms with Crippen LogP contribution in [0.25, 0.3) is 17.1 Å². The molecule has 0 unspecified atom stereocenters. The van der Waals surface area contributed by atoms with Crippen molar-refractivity contribution in [1.29, 1.82) is 0 Å². The van der Waals surface area contributed by atoms with Crippen molar-refractivity contribution >= 4 is 29.2 Å². The first-order valence-corrected chi connectivity index (χ1v) is 14.6. The number of hydrogen-bond acceptors (Lipinski definition) is 7. The zero-order chi connectivity index (χ0) is 29.5. The highest BCUT2D eigenvalue weighted by Crippen LogP contribution is 2.29. The number of nitrogens with zero attached hydrogens (tertiary/aromatic N) is 5. The van der Waals surface area contributed by atoms with Gasteiger partial charge in [-0.2, -0.15) is 0 Å². The quantitative estimate of drug-likeness (QED) is 0.222. The zero-order valence-electron chi connectivity index (χ0n) is 23.1. The van der Waals surface area contributed by atoms with Gasteiger partial charge in [-0.25, -0.2) is 4.79 Å². The van der Waals surface area contributed by atoms with Crippen LogP contribution in [-0.2, 0) is 11.3 Å². The minimum absolute atomic E-state index is 0.0276. The molecular weight excluding hydrogens is 550 g/mol. The molecule has 5 rings (SSSR count). The van der Waals surface area contributed by atoms with Crippen LogP contribution in [0.5, 0.6) is 0 Å². The maximum atomic E-state index is 13.8. The Bertz CT molecular complexity index is 1770. The Balaban J connectivity index is 1.47. The molecule has 0 atom stereocenters. The summed E-state index contributed by atoms with van der Waals surface area (Å²) in [5.41, 5.74) is 7.65. The van der Waals surface area contributed by atoms with E-state index in [1.807, 2.05) is 102 Å². The number of hydrogen-bond donors (Lipinski definition) is 2. The van der Waals surface area contributed by atoms with Crippen LogP contribution in [0.4, 0.5) is 11.5 Å². The molecule has 214 valence electrons. The normalized spacial score (nSPS) is 11.0. The lowest BCUT2D eigenvalue weighted by atomic mass is 10.2. The number of nitrogen functional groups attached to an aromatic ring is 1. The number of anilines is 2. The van der Waals surface area contributed by atoms with Crippen LogP contribution in [-0.4, -0.2) is 42.5 Å². The minimum Gasteiger partial charge on any atom is -0.383 e. The summed E-state index contributed by atoms with van der Waals surface area (Å²) in [6.07, 6.45) is 1.44. The van der Waals surface area contributed by atoms with Crippen molar-refractivity contribution in [3.63, 3.8) is 0 Å². The second-order valence-corrected chi connectivity index (χ2v) is 10.5. The highest BCUT2D eigenvalue weighted by Gasteiger charge is 2.25. The molecule has 11 heteroatoms. The smallest absolute Gasteiger partial charge is 0.330 e. The van der Waals surface area contributed by atoms with Gasteiger partial charge in [0.15, 0.2) is 16.7 Å². The van der Waals surface area contributed by atoms with Gasteiger partial charge in [-0.15, -0.1) is 10.2 Å². The number of nitrogens with one attached hydrogen (secondary N) is 1. The van der Waals surface area contributed by atoms with Gasteiger partial charge in [0.2, 0.25) is 5.91 Å². The van der Waals surface area contributed by atoms with E-state index < -0.39 is 11.2 Å². The number of unbranched alkanes of at least 4 members (excludes halogenated alkanes) is 1. The number of benzene rings is 3. The van der Waals surface area contributed by atoms with Crippen molar-refractivity contribution in [2.75, 3.05) is 22.9 Å². The fourth-order valence-electron chi connectivity index (χ4n) is 4.59. The van der Waals surface area contributed by atoms with Crippen molar-refractivity contribution in [1.82, 2.24) is 24.3 Å². The molecule has 0 bridgehead atoms. The molecule has 0 aliphatic rings. The number of aromatic nitrogens is 5. The number of H-pyrrole nitrogens is 1. The molecule has 10 nitrogen and oxygen atoms in total. The number of nitrogens with two attached hydrogens (primary N) is 1. The lowest BCUT2D eigenvalue weighted by Gasteiger charge is -2.24. The first kappa shape index (κ1) is 28.6. The van der Waals surface area contributed by atoms with Gasteiger partial charge in [0.25, 0.3) is 5.56 Å². The van der Waals surface area contributed by atoms with E-state index in [9.17, 15) is 14.4 Å². The lowest BCUT2D eigenvalue weighted by molar-refractivity contribution is -0.116. The van der Waals surface area contributed by atoms with Gasteiger partial charge in [-0.05, 0) is 24.1 Å². The Morgan fingerprint density at radius 3 is 2.24 bits per heavy atom. The van der Waals surface area contributed by atoms with E-state index in [0.29, 0.717) is 17.4 Å². The van der Waals surface area contributed by atoms with Crippen LogP contribution in [0.3, 0.4) is 0 Å². The van der Waals surface area contributed by atoms with Gasteiger partial charge in [0.1, 0.15) is 5.82 Å². The summed E-state index contributed by atoms with van der Waals surface area (Å²) in [6, 6.07) is 28.7. The molecule has 0 fully saturated rings. The molecule has 0 saturated carbocycles. The summed E-state index contributed by atoms with van der Waals surface area (Å²) in [5, 5.41) is 9.37. The molecule has 2 heterocycles. The monoisotopic (exact) mass is 581 g/mol. The Morgan fingerprint density at radius 1 is 0.929 bits per heavy atom. The van der Waals surface area contributed by atoms with Crippen molar-refractivity contribution in [3.8, 4) is 17.1 Å². The van der Waals surface area contributed by atoms with Crippen LogP contribution in [0, 0.1) is 0 Å². The van der Waals surface area contributed by atoms with E-state index >= 15 is 0 Å². The number of para-hydroxylation sites is 1. The second-order valence-electron chi connectivity index (χ2n) is 9.60. The van der Waals surface area contributed by atoms with Crippen LogP contribution in [0.2, 0.25) is 0 Å². The summed E-state index contributed by atoms with van der Waals surface area (Å²) < 4.78 is 3.19. The standard InChI is InChI=1S/C31H31N7O3S/c1-2-3-19-36(26-27(32)37(30(41)33-29(26)40)20-22-13-7-4-8-14-22)25(39)21-42-31-35-34-28(23-15-9-5-10-16-23)38(31)24-17-11-6-12-18-24/h4-18H,2-3,19-21,32H2,1H3,(H,33,40,41). The minimum atomic E-state index is -0.699. The number of thioether (sulfide) groups is 1. The second kappa shape index (κ2) is 13.2. The Labute approximate surface area is 246 Å². The van der Waals surface area contributed by atoms with Gasteiger partial charge in [0, 0.05) is 17.8 Å². The van der Waals surface area contributed by atoms with Gasteiger partial charge in [0.05, 0.1) is 12.3 Å². The summed E-state index contributed by atoms with van der Waals surface area (Å²) in [7, 11) is 0. The number of carbonyl (C=O) groups is 1. The summed E-state index contributed by atoms with van der Waals surface area (Å²) >= 11 is 1.22. The molecule has 2 aromatic heterocycles. The van der Waals surface area contributed by atoms with E-state index in [1.165, 1.54) is 21.2 Å². The molecule has 5 aromatic rings.